The highest BCUT2D eigenvalue weighted by Gasteiger charge is 2.34. The van der Waals surface area contributed by atoms with Crippen molar-refractivity contribution in [2.24, 2.45) is 0 Å². The molecule has 41 heavy (non-hydrogen) atoms. The number of aromatic nitrogens is 3. The van der Waals surface area contributed by atoms with E-state index < -0.39 is 11.9 Å². The molecule has 1 amide bonds. The normalized spacial score (nSPS) is 14.1. The minimum Gasteiger partial charge on any atom is -0.495 e. The molecule has 0 radical (unpaired) electrons. The van der Waals surface area contributed by atoms with Crippen LogP contribution in [-0.2, 0) is 11.4 Å². The van der Waals surface area contributed by atoms with Crippen molar-refractivity contribution in [2.45, 2.75) is 19.6 Å². The number of nitrogens with zero attached hydrogens (tertiary/aromatic N) is 3. The first kappa shape index (κ1) is 27.8. The molecule has 0 bridgehead atoms. The SMILES string of the molecule is COc1cc(NC(=O)C2=C(C)Nc3ncnn3[C@@H]2c2ccc(OCc3ccc(F)cc3)c(OC)c2)c(OC)cc1Cl. The maximum atomic E-state index is 13.9. The summed E-state index contributed by atoms with van der Waals surface area (Å²) >= 11 is 6.25. The van der Waals surface area contributed by atoms with Gasteiger partial charge in [-0.15, -0.1) is 0 Å². The standard InChI is InChI=1S/C29H27ClFN5O5/c1-16-26(28(37)35-21-13-23(38-2)20(30)12-24(21)39-3)27(36-29(34-16)32-15-33-36)18-7-10-22(25(11-18)40-4)41-14-17-5-8-19(31)9-6-17/h5-13,15,27H,14H2,1-4H3,(H,35,37)(H,32,33,34)/t27-/m1/s1. The van der Waals surface area contributed by atoms with E-state index in [0.717, 1.165) is 5.56 Å². The maximum absolute atomic E-state index is 13.9. The van der Waals surface area contributed by atoms with Gasteiger partial charge in [0, 0.05) is 17.8 Å². The van der Waals surface area contributed by atoms with Gasteiger partial charge in [0.1, 0.15) is 36.3 Å². The van der Waals surface area contributed by atoms with E-state index in [1.54, 1.807) is 48.0 Å². The van der Waals surface area contributed by atoms with E-state index >= 15 is 0 Å². The molecule has 1 atom stereocenters. The number of ether oxygens (including phenoxy) is 4. The van der Waals surface area contributed by atoms with Gasteiger partial charge in [-0.2, -0.15) is 10.1 Å². The van der Waals surface area contributed by atoms with Crippen LogP contribution in [0.15, 0.2) is 72.2 Å². The molecule has 2 heterocycles. The summed E-state index contributed by atoms with van der Waals surface area (Å²) in [6, 6.07) is 13.9. The van der Waals surface area contributed by atoms with Crippen molar-refractivity contribution in [3.05, 3.63) is 94.2 Å². The second-order valence-corrected chi connectivity index (χ2v) is 9.47. The molecule has 12 heteroatoms. The summed E-state index contributed by atoms with van der Waals surface area (Å²) < 4.78 is 37.2. The van der Waals surface area contributed by atoms with Gasteiger partial charge in [-0.3, -0.25) is 4.79 Å². The Hall–Kier alpha value is -4.77. The van der Waals surface area contributed by atoms with E-state index in [0.29, 0.717) is 56.5 Å². The zero-order valence-corrected chi connectivity index (χ0v) is 23.5. The number of fused-ring (bicyclic) bond motifs is 1. The average molecular weight is 580 g/mol. The second kappa shape index (κ2) is 11.8. The third-order valence-corrected chi connectivity index (χ3v) is 6.87. The zero-order chi connectivity index (χ0) is 29.1. The van der Waals surface area contributed by atoms with Crippen LogP contribution < -0.4 is 29.6 Å². The Morgan fingerprint density at radius 3 is 2.44 bits per heavy atom. The molecule has 2 N–H and O–H groups in total. The topological polar surface area (TPSA) is 109 Å². The van der Waals surface area contributed by atoms with Crippen LogP contribution in [-0.4, -0.2) is 42.0 Å². The number of halogens is 2. The molecule has 0 spiro atoms. The second-order valence-electron chi connectivity index (χ2n) is 9.06. The van der Waals surface area contributed by atoms with E-state index in [2.05, 4.69) is 20.7 Å². The molecule has 0 saturated carbocycles. The summed E-state index contributed by atoms with van der Waals surface area (Å²) in [5.41, 5.74) is 2.86. The molecule has 1 aromatic heterocycles. The third kappa shape index (κ3) is 5.62. The maximum Gasteiger partial charge on any atom is 0.255 e. The quantitative estimate of drug-likeness (QED) is 0.264. The molecule has 5 rings (SSSR count). The number of amides is 1. The van der Waals surface area contributed by atoms with E-state index in [-0.39, 0.29) is 12.4 Å². The zero-order valence-electron chi connectivity index (χ0n) is 22.7. The number of hydrogen-bond donors (Lipinski definition) is 2. The Bertz CT molecular complexity index is 1620. The molecule has 0 fully saturated rings. The molecule has 10 nitrogen and oxygen atoms in total. The van der Waals surface area contributed by atoms with Crippen LogP contribution in [0.25, 0.3) is 0 Å². The van der Waals surface area contributed by atoms with Crippen LogP contribution in [0.2, 0.25) is 5.02 Å². The van der Waals surface area contributed by atoms with E-state index in [4.69, 9.17) is 30.5 Å². The summed E-state index contributed by atoms with van der Waals surface area (Å²) in [6.07, 6.45) is 1.41. The Morgan fingerprint density at radius 1 is 1.00 bits per heavy atom. The van der Waals surface area contributed by atoms with Crippen LogP contribution in [0.3, 0.4) is 0 Å². The number of rotatable bonds is 9. The Labute approximate surface area is 240 Å². The Morgan fingerprint density at radius 2 is 1.73 bits per heavy atom. The van der Waals surface area contributed by atoms with Gasteiger partial charge in [0.05, 0.1) is 37.6 Å². The van der Waals surface area contributed by atoms with Gasteiger partial charge in [-0.1, -0.05) is 29.8 Å². The lowest BCUT2D eigenvalue weighted by Crippen LogP contribution is -2.31. The minimum absolute atomic E-state index is 0.218. The van der Waals surface area contributed by atoms with Crippen molar-refractivity contribution in [2.75, 3.05) is 32.0 Å². The van der Waals surface area contributed by atoms with Crippen molar-refractivity contribution in [1.29, 1.82) is 0 Å². The number of carbonyl (C=O) groups excluding carboxylic acids is 1. The molecule has 1 aliphatic rings. The van der Waals surface area contributed by atoms with Gasteiger partial charge in [0.15, 0.2) is 11.5 Å². The predicted octanol–water partition coefficient (Wildman–Crippen LogP) is 5.60. The molecule has 0 saturated heterocycles. The van der Waals surface area contributed by atoms with Crippen LogP contribution in [0, 0.1) is 5.82 Å². The van der Waals surface area contributed by atoms with Crippen molar-refractivity contribution in [3.63, 3.8) is 0 Å². The molecule has 4 aromatic rings. The van der Waals surface area contributed by atoms with Gasteiger partial charge < -0.3 is 29.6 Å². The van der Waals surface area contributed by atoms with Crippen molar-refractivity contribution < 1.29 is 28.1 Å². The van der Waals surface area contributed by atoms with Crippen LogP contribution in [0.5, 0.6) is 23.0 Å². The van der Waals surface area contributed by atoms with E-state index in [1.807, 2.05) is 6.07 Å². The number of methoxy groups -OCH3 is 3. The summed E-state index contributed by atoms with van der Waals surface area (Å²) in [4.78, 5) is 18.2. The van der Waals surface area contributed by atoms with E-state index in [9.17, 15) is 9.18 Å². The fourth-order valence-electron chi connectivity index (χ4n) is 4.56. The highest BCUT2D eigenvalue weighted by atomic mass is 35.5. The van der Waals surface area contributed by atoms with Crippen molar-refractivity contribution in [1.82, 2.24) is 14.8 Å². The van der Waals surface area contributed by atoms with Gasteiger partial charge in [-0.25, -0.2) is 9.07 Å². The molecule has 3 aromatic carbocycles. The molecule has 212 valence electrons. The number of hydrogen-bond acceptors (Lipinski definition) is 8. The molecule has 0 unspecified atom stereocenters. The predicted molar refractivity (Wildman–Crippen MR) is 151 cm³/mol. The van der Waals surface area contributed by atoms with Gasteiger partial charge in [0.25, 0.3) is 5.91 Å². The van der Waals surface area contributed by atoms with Gasteiger partial charge in [0.2, 0.25) is 5.95 Å². The summed E-state index contributed by atoms with van der Waals surface area (Å²) in [5.74, 6) is 1.44. The molecule has 0 aliphatic carbocycles. The average Bonchev–Trinajstić information content (AvgIpc) is 3.44. The number of allylic oxidation sites excluding steroid dienone is 1. The van der Waals surface area contributed by atoms with Crippen LogP contribution in [0.4, 0.5) is 16.0 Å². The van der Waals surface area contributed by atoms with Gasteiger partial charge >= 0.3 is 0 Å². The summed E-state index contributed by atoms with van der Waals surface area (Å²) in [6.45, 7) is 2.01. The molecular weight excluding hydrogens is 553 g/mol. The fraction of sp³-hybridized carbons (Fsp3) is 0.207. The van der Waals surface area contributed by atoms with Crippen molar-refractivity contribution >= 4 is 29.1 Å². The highest BCUT2D eigenvalue weighted by molar-refractivity contribution is 6.32. The first-order valence-electron chi connectivity index (χ1n) is 12.5. The third-order valence-electron chi connectivity index (χ3n) is 6.57. The number of carbonyl (C=O) groups is 1. The fourth-order valence-corrected chi connectivity index (χ4v) is 4.79. The Balaban J connectivity index is 1.49. The Kier molecular flexibility index (Phi) is 7.97. The summed E-state index contributed by atoms with van der Waals surface area (Å²) in [7, 11) is 4.50. The summed E-state index contributed by atoms with van der Waals surface area (Å²) in [5, 5.41) is 10.8. The smallest absolute Gasteiger partial charge is 0.255 e. The van der Waals surface area contributed by atoms with Gasteiger partial charge in [-0.05, 0) is 42.3 Å². The monoisotopic (exact) mass is 579 g/mol. The molecular formula is C29H27ClFN5O5. The number of anilines is 2. The highest BCUT2D eigenvalue weighted by Crippen LogP contribution is 2.40. The lowest BCUT2D eigenvalue weighted by Gasteiger charge is -2.29. The number of nitrogens with one attached hydrogen (secondary N) is 2. The van der Waals surface area contributed by atoms with E-state index in [1.165, 1.54) is 39.8 Å². The van der Waals surface area contributed by atoms with Crippen LogP contribution in [0.1, 0.15) is 24.1 Å². The lowest BCUT2D eigenvalue weighted by molar-refractivity contribution is -0.113. The minimum atomic E-state index is -0.658. The van der Waals surface area contributed by atoms with Crippen molar-refractivity contribution in [3.8, 4) is 23.0 Å². The molecule has 1 aliphatic heterocycles. The lowest BCUT2D eigenvalue weighted by atomic mass is 9.94. The first-order chi connectivity index (χ1) is 19.8. The largest absolute Gasteiger partial charge is 0.495 e. The number of benzene rings is 3. The van der Waals surface area contributed by atoms with Crippen LogP contribution >= 0.6 is 11.6 Å². The first-order valence-corrected chi connectivity index (χ1v) is 12.9.